The Balaban J connectivity index is 1.63. The summed E-state index contributed by atoms with van der Waals surface area (Å²) in [5.74, 6) is 2.33. The van der Waals surface area contributed by atoms with E-state index in [2.05, 4.69) is 31.3 Å². The van der Waals surface area contributed by atoms with Crippen LogP contribution in [0.25, 0.3) is 0 Å². The maximum absolute atomic E-state index is 5.38. The molecule has 1 aliphatic rings. The van der Waals surface area contributed by atoms with Crippen molar-refractivity contribution >= 4 is 15.9 Å². The summed E-state index contributed by atoms with van der Waals surface area (Å²) in [6.07, 6.45) is 1.69. The van der Waals surface area contributed by atoms with Gasteiger partial charge in [-0.3, -0.25) is 4.68 Å². The van der Waals surface area contributed by atoms with Crippen LogP contribution in [0.2, 0.25) is 0 Å². The van der Waals surface area contributed by atoms with Crippen LogP contribution in [0.4, 0.5) is 0 Å². The van der Waals surface area contributed by atoms with Gasteiger partial charge in [0, 0.05) is 13.6 Å². The standard InChI is InChI=1S/C12H13BrN4O2/c1-17-6-15-11(16-17)5-14-4-8-2-9(13)12-10(3-8)18-7-19-12/h2-3,6,14H,4-5,7H2,1H3. The van der Waals surface area contributed by atoms with Crippen LogP contribution < -0.4 is 14.8 Å². The van der Waals surface area contributed by atoms with Crippen molar-refractivity contribution in [1.29, 1.82) is 0 Å². The van der Waals surface area contributed by atoms with E-state index in [1.165, 1.54) is 0 Å². The quantitative estimate of drug-likeness (QED) is 0.925. The summed E-state index contributed by atoms with van der Waals surface area (Å²) in [5, 5.41) is 7.50. The van der Waals surface area contributed by atoms with E-state index in [9.17, 15) is 0 Å². The van der Waals surface area contributed by atoms with Crippen molar-refractivity contribution < 1.29 is 9.47 Å². The highest BCUT2D eigenvalue weighted by molar-refractivity contribution is 9.10. The van der Waals surface area contributed by atoms with E-state index in [0.29, 0.717) is 13.1 Å². The number of nitrogens with zero attached hydrogens (tertiary/aromatic N) is 3. The lowest BCUT2D eigenvalue weighted by atomic mass is 10.2. The van der Waals surface area contributed by atoms with E-state index < -0.39 is 0 Å². The lowest BCUT2D eigenvalue weighted by Crippen LogP contribution is -2.14. The smallest absolute Gasteiger partial charge is 0.231 e. The normalized spacial score (nSPS) is 12.9. The van der Waals surface area contributed by atoms with Crippen LogP contribution in [-0.4, -0.2) is 21.6 Å². The third-order valence-corrected chi connectivity index (χ3v) is 3.34. The fourth-order valence-corrected chi connectivity index (χ4v) is 2.51. The van der Waals surface area contributed by atoms with Crippen LogP contribution >= 0.6 is 15.9 Å². The van der Waals surface area contributed by atoms with E-state index in [0.717, 1.165) is 27.4 Å². The average molecular weight is 325 g/mol. The Morgan fingerprint density at radius 1 is 1.37 bits per heavy atom. The number of rotatable bonds is 4. The molecule has 2 aromatic rings. The lowest BCUT2D eigenvalue weighted by molar-refractivity contribution is 0.173. The first-order valence-electron chi connectivity index (χ1n) is 5.85. The molecule has 0 radical (unpaired) electrons. The highest BCUT2D eigenvalue weighted by atomic mass is 79.9. The molecule has 1 aromatic heterocycles. The second-order valence-electron chi connectivity index (χ2n) is 4.25. The number of aryl methyl sites for hydroxylation is 1. The zero-order valence-electron chi connectivity index (χ0n) is 10.4. The molecule has 100 valence electrons. The highest BCUT2D eigenvalue weighted by Gasteiger charge is 2.17. The largest absolute Gasteiger partial charge is 0.454 e. The van der Waals surface area contributed by atoms with Crippen LogP contribution in [0.3, 0.4) is 0 Å². The van der Waals surface area contributed by atoms with Crippen LogP contribution in [0, 0.1) is 0 Å². The first kappa shape index (κ1) is 12.4. The number of ether oxygens (including phenoxy) is 2. The van der Waals surface area contributed by atoms with Crippen molar-refractivity contribution in [3.63, 3.8) is 0 Å². The van der Waals surface area contributed by atoms with Crippen molar-refractivity contribution in [3.05, 3.63) is 34.3 Å². The van der Waals surface area contributed by atoms with Gasteiger partial charge in [-0.15, -0.1) is 0 Å². The Hall–Kier alpha value is -1.60. The predicted molar refractivity (Wildman–Crippen MR) is 71.8 cm³/mol. The molecule has 1 aliphatic heterocycles. The van der Waals surface area contributed by atoms with Crippen molar-refractivity contribution in [2.75, 3.05) is 6.79 Å². The summed E-state index contributed by atoms with van der Waals surface area (Å²) in [4.78, 5) is 4.16. The van der Waals surface area contributed by atoms with Gasteiger partial charge in [-0.1, -0.05) is 0 Å². The van der Waals surface area contributed by atoms with Gasteiger partial charge in [-0.25, -0.2) is 4.98 Å². The van der Waals surface area contributed by atoms with Crippen LogP contribution in [0.15, 0.2) is 22.9 Å². The molecule has 7 heteroatoms. The summed E-state index contributed by atoms with van der Waals surface area (Å²) in [5.41, 5.74) is 1.12. The number of hydrogen-bond donors (Lipinski definition) is 1. The molecule has 0 saturated carbocycles. The molecule has 0 spiro atoms. The molecular weight excluding hydrogens is 312 g/mol. The van der Waals surface area contributed by atoms with Gasteiger partial charge < -0.3 is 14.8 Å². The summed E-state index contributed by atoms with van der Waals surface area (Å²) in [7, 11) is 1.85. The lowest BCUT2D eigenvalue weighted by Gasteiger charge is -2.06. The SMILES string of the molecule is Cn1cnc(CNCc2cc(Br)c3c(c2)OCO3)n1. The molecule has 1 aromatic carbocycles. The molecule has 0 saturated heterocycles. The van der Waals surface area contributed by atoms with E-state index in [4.69, 9.17) is 9.47 Å². The molecule has 3 rings (SSSR count). The molecule has 19 heavy (non-hydrogen) atoms. The van der Waals surface area contributed by atoms with Crippen molar-refractivity contribution in [2.24, 2.45) is 7.05 Å². The number of hydrogen-bond acceptors (Lipinski definition) is 5. The van der Waals surface area contributed by atoms with Gasteiger partial charge in [0.05, 0.1) is 11.0 Å². The number of aromatic nitrogens is 3. The summed E-state index contributed by atoms with van der Waals surface area (Å²) < 4.78 is 13.3. The number of halogens is 1. The van der Waals surface area contributed by atoms with E-state index >= 15 is 0 Å². The van der Waals surface area contributed by atoms with Gasteiger partial charge in [-0.05, 0) is 33.6 Å². The van der Waals surface area contributed by atoms with Crippen molar-refractivity contribution in [3.8, 4) is 11.5 Å². The summed E-state index contributed by atoms with van der Waals surface area (Å²) in [6, 6.07) is 4.00. The number of nitrogens with one attached hydrogen (secondary N) is 1. The Bertz CT molecular complexity index is 599. The van der Waals surface area contributed by atoms with E-state index in [-0.39, 0.29) is 6.79 Å². The second-order valence-corrected chi connectivity index (χ2v) is 5.10. The summed E-state index contributed by atoms with van der Waals surface area (Å²) in [6.45, 7) is 1.63. The minimum absolute atomic E-state index is 0.280. The molecule has 2 heterocycles. The third-order valence-electron chi connectivity index (χ3n) is 2.75. The average Bonchev–Trinajstić information content (AvgIpc) is 2.98. The van der Waals surface area contributed by atoms with Gasteiger partial charge in [-0.2, -0.15) is 5.10 Å². The summed E-state index contributed by atoms with van der Waals surface area (Å²) >= 11 is 3.48. The molecule has 6 nitrogen and oxygen atoms in total. The Labute approximate surface area is 118 Å². The fourth-order valence-electron chi connectivity index (χ4n) is 1.91. The topological polar surface area (TPSA) is 61.2 Å². The van der Waals surface area contributed by atoms with Crippen LogP contribution in [0.1, 0.15) is 11.4 Å². The minimum atomic E-state index is 0.280. The van der Waals surface area contributed by atoms with E-state index in [1.807, 2.05) is 19.2 Å². The first-order chi connectivity index (χ1) is 9.22. The molecular formula is C12H13BrN4O2. The first-order valence-corrected chi connectivity index (χ1v) is 6.65. The Morgan fingerprint density at radius 3 is 3.05 bits per heavy atom. The van der Waals surface area contributed by atoms with Crippen LogP contribution in [-0.2, 0) is 20.1 Å². The zero-order valence-corrected chi connectivity index (χ0v) is 12.0. The molecule has 0 bridgehead atoms. The Morgan fingerprint density at radius 2 is 2.26 bits per heavy atom. The molecule has 1 N–H and O–H groups in total. The minimum Gasteiger partial charge on any atom is -0.454 e. The van der Waals surface area contributed by atoms with E-state index in [1.54, 1.807) is 11.0 Å². The zero-order chi connectivity index (χ0) is 13.2. The van der Waals surface area contributed by atoms with Crippen molar-refractivity contribution in [1.82, 2.24) is 20.1 Å². The fraction of sp³-hybridized carbons (Fsp3) is 0.333. The van der Waals surface area contributed by atoms with Gasteiger partial charge >= 0.3 is 0 Å². The predicted octanol–water partition coefficient (Wildman–Crippen LogP) is 1.60. The maximum atomic E-state index is 5.38. The number of benzene rings is 1. The van der Waals surface area contributed by atoms with Gasteiger partial charge in [0.15, 0.2) is 17.3 Å². The molecule has 0 fully saturated rings. The van der Waals surface area contributed by atoms with Gasteiger partial charge in [0.25, 0.3) is 0 Å². The maximum Gasteiger partial charge on any atom is 0.231 e. The molecule has 0 amide bonds. The Kier molecular flexibility index (Phi) is 3.39. The monoisotopic (exact) mass is 324 g/mol. The van der Waals surface area contributed by atoms with Crippen LogP contribution in [0.5, 0.6) is 11.5 Å². The number of fused-ring (bicyclic) bond motifs is 1. The molecule has 0 aliphatic carbocycles. The van der Waals surface area contributed by atoms with Gasteiger partial charge in [0.2, 0.25) is 6.79 Å². The molecule has 0 unspecified atom stereocenters. The van der Waals surface area contributed by atoms with Gasteiger partial charge in [0.1, 0.15) is 6.33 Å². The third kappa shape index (κ3) is 2.71. The highest BCUT2D eigenvalue weighted by Crippen LogP contribution is 2.39. The molecule has 0 atom stereocenters. The van der Waals surface area contributed by atoms with Crippen molar-refractivity contribution in [2.45, 2.75) is 13.1 Å². The second kappa shape index (κ2) is 5.18.